The van der Waals surface area contributed by atoms with Gasteiger partial charge in [-0.1, -0.05) is 19.8 Å². The highest BCUT2D eigenvalue weighted by atomic mass is 16.2. The summed E-state index contributed by atoms with van der Waals surface area (Å²) in [6.45, 7) is 4.12. The highest BCUT2D eigenvalue weighted by molar-refractivity contribution is 6.03. The standard InChI is InChI=1S/C16H23N3O3/c1-3-4-5-10-17-15(21)11-16(22)19-14-8-6-13(7-9-14)18-12(2)20/h6-9H,3-5,10-11H2,1-2H3,(H,17,21)(H,18,20)(H,19,22). The maximum absolute atomic E-state index is 11.7. The third-order valence-corrected chi connectivity index (χ3v) is 2.91. The van der Waals surface area contributed by atoms with Crippen LogP contribution in [0, 0.1) is 0 Å². The third-order valence-electron chi connectivity index (χ3n) is 2.91. The third kappa shape index (κ3) is 7.42. The van der Waals surface area contributed by atoms with E-state index in [0.717, 1.165) is 19.3 Å². The first-order chi connectivity index (χ1) is 10.5. The molecule has 0 aliphatic heterocycles. The number of carbonyl (C=O) groups excluding carboxylic acids is 3. The van der Waals surface area contributed by atoms with Crippen LogP contribution in [0.4, 0.5) is 11.4 Å². The Morgan fingerprint density at radius 1 is 0.909 bits per heavy atom. The summed E-state index contributed by atoms with van der Waals surface area (Å²) in [5, 5.41) is 8.00. The van der Waals surface area contributed by atoms with Gasteiger partial charge in [-0.3, -0.25) is 14.4 Å². The second-order valence-corrected chi connectivity index (χ2v) is 5.04. The molecule has 0 aliphatic carbocycles. The number of anilines is 2. The Morgan fingerprint density at radius 2 is 1.50 bits per heavy atom. The van der Waals surface area contributed by atoms with Gasteiger partial charge in [-0.15, -0.1) is 0 Å². The minimum absolute atomic E-state index is 0.156. The van der Waals surface area contributed by atoms with Crippen LogP contribution in [0.5, 0.6) is 0 Å². The van der Waals surface area contributed by atoms with Gasteiger partial charge in [-0.25, -0.2) is 0 Å². The molecular weight excluding hydrogens is 282 g/mol. The van der Waals surface area contributed by atoms with E-state index >= 15 is 0 Å². The molecule has 0 saturated heterocycles. The molecule has 0 saturated carbocycles. The van der Waals surface area contributed by atoms with E-state index in [0.29, 0.717) is 17.9 Å². The lowest BCUT2D eigenvalue weighted by atomic mass is 10.2. The molecule has 0 fully saturated rings. The lowest BCUT2D eigenvalue weighted by Gasteiger charge is -2.07. The summed E-state index contributed by atoms with van der Waals surface area (Å²) in [5.74, 6) is -0.791. The van der Waals surface area contributed by atoms with Crippen molar-refractivity contribution in [2.75, 3.05) is 17.2 Å². The molecule has 3 N–H and O–H groups in total. The Hall–Kier alpha value is -2.37. The van der Waals surface area contributed by atoms with Crippen molar-refractivity contribution >= 4 is 29.1 Å². The average Bonchev–Trinajstić information content (AvgIpc) is 2.45. The van der Waals surface area contributed by atoms with Crippen molar-refractivity contribution in [3.63, 3.8) is 0 Å². The van der Waals surface area contributed by atoms with Gasteiger partial charge >= 0.3 is 0 Å². The highest BCUT2D eigenvalue weighted by Gasteiger charge is 2.09. The van der Waals surface area contributed by atoms with Crippen LogP contribution in [0.2, 0.25) is 0 Å². The van der Waals surface area contributed by atoms with Crippen LogP contribution in [-0.4, -0.2) is 24.3 Å². The Labute approximate surface area is 130 Å². The van der Waals surface area contributed by atoms with Gasteiger partial charge in [0.25, 0.3) is 0 Å². The van der Waals surface area contributed by atoms with Crippen LogP contribution in [-0.2, 0) is 14.4 Å². The highest BCUT2D eigenvalue weighted by Crippen LogP contribution is 2.13. The van der Waals surface area contributed by atoms with Crippen molar-refractivity contribution in [1.82, 2.24) is 5.32 Å². The van der Waals surface area contributed by atoms with E-state index in [1.165, 1.54) is 6.92 Å². The predicted octanol–water partition coefficient (Wildman–Crippen LogP) is 2.28. The molecule has 1 rings (SSSR count). The Balaban J connectivity index is 2.35. The van der Waals surface area contributed by atoms with Crippen molar-refractivity contribution in [2.45, 2.75) is 39.5 Å². The van der Waals surface area contributed by atoms with Gasteiger partial charge in [-0.2, -0.15) is 0 Å². The molecule has 1 aromatic carbocycles. The SMILES string of the molecule is CCCCCNC(=O)CC(=O)Nc1ccc(NC(C)=O)cc1. The van der Waals surface area contributed by atoms with E-state index in [-0.39, 0.29) is 24.1 Å². The van der Waals surface area contributed by atoms with Crippen molar-refractivity contribution in [3.8, 4) is 0 Å². The number of hydrogen-bond donors (Lipinski definition) is 3. The summed E-state index contributed by atoms with van der Waals surface area (Å²) in [7, 11) is 0. The normalized spacial score (nSPS) is 9.91. The molecule has 120 valence electrons. The summed E-state index contributed by atoms with van der Waals surface area (Å²) in [6, 6.07) is 6.70. The van der Waals surface area contributed by atoms with Gasteiger partial charge in [0.05, 0.1) is 0 Å². The molecular formula is C16H23N3O3. The fourth-order valence-corrected chi connectivity index (χ4v) is 1.86. The van der Waals surface area contributed by atoms with Crippen LogP contribution >= 0.6 is 0 Å². The molecule has 0 bridgehead atoms. The topological polar surface area (TPSA) is 87.3 Å². The van der Waals surface area contributed by atoms with Crippen LogP contribution < -0.4 is 16.0 Å². The van der Waals surface area contributed by atoms with Crippen molar-refractivity contribution in [3.05, 3.63) is 24.3 Å². The maximum atomic E-state index is 11.7. The minimum Gasteiger partial charge on any atom is -0.356 e. The van der Waals surface area contributed by atoms with E-state index in [4.69, 9.17) is 0 Å². The zero-order chi connectivity index (χ0) is 16.4. The van der Waals surface area contributed by atoms with Gasteiger partial charge < -0.3 is 16.0 Å². The molecule has 3 amide bonds. The number of benzene rings is 1. The molecule has 0 spiro atoms. The first kappa shape index (κ1) is 17.7. The summed E-state index contributed by atoms with van der Waals surface area (Å²) in [6.07, 6.45) is 2.88. The van der Waals surface area contributed by atoms with E-state index < -0.39 is 0 Å². The van der Waals surface area contributed by atoms with Crippen LogP contribution in [0.15, 0.2) is 24.3 Å². The van der Waals surface area contributed by atoms with Crippen molar-refractivity contribution < 1.29 is 14.4 Å². The smallest absolute Gasteiger partial charge is 0.233 e. The van der Waals surface area contributed by atoms with Crippen molar-refractivity contribution in [2.24, 2.45) is 0 Å². The van der Waals surface area contributed by atoms with Gasteiger partial charge in [-0.05, 0) is 30.7 Å². The minimum atomic E-state index is -0.361. The van der Waals surface area contributed by atoms with E-state index in [1.54, 1.807) is 24.3 Å². The van der Waals surface area contributed by atoms with Crippen LogP contribution in [0.3, 0.4) is 0 Å². The van der Waals surface area contributed by atoms with E-state index in [1.807, 2.05) is 0 Å². The lowest BCUT2D eigenvalue weighted by Crippen LogP contribution is -2.28. The quantitative estimate of drug-likeness (QED) is 0.508. The molecule has 0 heterocycles. The number of carbonyl (C=O) groups is 3. The molecule has 0 aromatic heterocycles. The number of nitrogens with one attached hydrogen (secondary N) is 3. The predicted molar refractivity (Wildman–Crippen MR) is 86.5 cm³/mol. The molecule has 0 atom stereocenters. The number of hydrogen-bond acceptors (Lipinski definition) is 3. The van der Waals surface area contributed by atoms with Gasteiger partial charge in [0.1, 0.15) is 6.42 Å². The Morgan fingerprint density at radius 3 is 2.05 bits per heavy atom. The summed E-state index contributed by atoms with van der Waals surface area (Å²) in [4.78, 5) is 34.2. The largest absolute Gasteiger partial charge is 0.356 e. The number of amides is 3. The lowest BCUT2D eigenvalue weighted by molar-refractivity contribution is -0.126. The summed E-state index contributed by atoms with van der Waals surface area (Å²) < 4.78 is 0. The molecule has 1 aromatic rings. The second kappa shape index (κ2) is 9.55. The van der Waals surface area contributed by atoms with Crippen LogP contribution in [0.25, 0.3) is 0 Å². The molecule has 6 heteroatoms. The summed E-state index contributed by atoms with van der Waals surface area (Å²) in [5.41, 5.74) is 1.23. The van der Waals surface area contributed by atoms with E-state index in [9.17, 15) is 14.4 Å². The first-order valence-electron chi connectivity index (χ1n) is 7.45. The first-order valence-corrected chi connectivity index (χ1v) is 7.45. The van der Waals surface area contributed by atoms with Gasteiger partial charge in [0.15, 0.2) is 0 Å². The average molecular weight is 305 g/mol. The molecule has 0 aliphatic rings. The maximum Gasteiger partial charge on any atom is 0.233 e. The number of unbranched alkanes of at least 4 members (excludes halogenated alkanes) is 2. The monoisotopic (exact) mass is 305 g/mol. The van der Waals surface area contributed by atoms with E-state index in [2.05, 4.69) is 22.9 Å². The number of rotatable bonds is 8. The zero-order valence-electron chi connectivity index (χ0n) is 13.1. The van der Waals surface area contributed by atoms with Gasteiger partial charge in [0.2, 0.25) is 17.7 Å². The molecule has 0 unspecified atom stereocenters. The zero-order valence-corrected chi connectivity index (χ0v) is 13.1. The van der Waals surface area contributed by atoms with Crippen LogP contribution in [0.1, 0.15) is 39.5 Å². The molecule has 6 nitrogen and oxygen atoms in total. The molecule has 22 heavy (non-hydrogen) atoms. The van der Waals surface area contributed by atoms with Gasteiger partial charge in [0, 0.05) is 24.8 Å². The van der Waals surface area contributed by atoms with Crippen molar-refractivity contribution in [1.29, 1.82) is 0 Å². The summed E-state index contributed by atoms with van der Waals surface area (Å²) >= 11 is 0. The molecule has 0 radical (unpaired) electrons. The second-order valence-electron chi connectivity index (χ2n) is 5.04. The fourth-order valence-electron chi connectivity index (χ4n) is 1.86. The fraction of sp³-hybridized carbons (Fsp3) is 0.438. The Kier molecular flexibility index (Phi) is 7.67. The Bertz CT molecular complexity index is 512.